The van der Waals surface area contributed by atoms with Crippen molar-refractivity contribution in [1.29, 1.82) is 0 Å². The average molecular weight is 357 g/mol. The van der Waals surface area contributed by atoms with Gasteiger partial charge in [-0.2, -0.15) is 4.31 Å². The quantitative estimate of drug-likeness (QED) is 0.713. The normalized spacial score (nSPS) is 18.6. The Kier molecular flexibility index (Phi) is 5.86. The van der Waals surface area contributed by atoms with Gasteiger partial charge in [0.1, 0.15) is 12.2 Å². The summed E-state index contributed by atoms with van der Waals surface area (Å²) in [5.74, 6) is -1.52. The molecule has 1 fully saturated rings. The molecule has 24 heavy (non-hydrogen) atoms. The Hall–Kier alpha value is -2.04. The molecule has 132 valence electrons. The van der Waals surface area contributed by atoms with Crippen molar-refractivity contribution in [3.63, 3.8) is 0 Å². The number of aromatic nitrogens is 1. The maximum atomic E-state index is 12.4. The van der Waals surface area contributed by atoms with Gasteiger partial charge in [0, 0.05) is 25.8 Å². The highest BCUT2D eigenvalue weighted by molar-refractivity contribution is 7.88. The van der Waals surface area contributed by atoms with Crippen molar-refractivity contribution in [2.45, 2.75) is 6.10 Å². The zero-order valence-corrected chi connectivity index (χ0v) is 14.0. The summed E-state index contributed by atoms with van der Waals surface area (Å²) < 4.78 is 29.7. The van der Waals surface area contributed by atoms with E-state index in [1.54, 1.807) is 18.2 Å². The Morgan fingerprint density at radius 1 is 1.46 bits per heavy atom. The molecule has 9 nitrogen and oxygen atoms in total. The number of aliphatic carboxylic acids is 1. The number of morpholine rings is 1. The van der Waals surface area contributed by atoms with Gasteiger partial charge in [0.05, 0.1) is 19.0 Å². The Bertz CT molecular complexity index is 694. The van der Waals surface area contributed by atoms with Crippen LogP contribution in [0.4, 0.5) is 0 Å². The summed E-state index contributed by atoms with van der Waals surface area (Å²) in [6.07, 6.45) is 1.86. The van der Waals surface area contributed by atoms with Crippen LogP contribution in [0.25, 0.3) is 0 Å². The van der Waals surface area contributed by atoms with Crippen molar-refractivity contribution in [2.75, 3.05) is 39.0 Å². The molecule has 0 spiro atoms. The fourth-order valence-electron chi connectivity index (χ4n) is 2.36. The second-order valence-corrected chi connectivity index (χ2v) is 7.39. The Morgan fingerprint density at radius 2 is 2.21 bits per heavy atom. The first-order valence-corrected chi connectivity index (χ1v) is 9.11. The highest BCUT2D eigenvalue weighted by Gasteiger charge is 2.30. The van der Waals surface area contributed by atoms with Gasteiger partial charge in [0.2, 0.25) is 10.0 Å². The number of ether oxygens (including phenoxy) is 1. The zero-order chi connectivity index (χ0) is 17.7. The molecule has 1 N–H and O–H groups in total. The number of carbonyl (C=O) groups excluding carboxylic acids is 1. The van der Waals surface area contributed by atoms with Gasteiger partial charge in [0.25, 0.3) is 5.91 Å². The maximum absolute atomic E-state index is 12.4. The van der Waals surface area contributed by atoms with E-state index in [9.17, 15) is 18.0 Å². The first-order chi connectivity index (χ1) is 11.3. The third-order valence-electron chi connectivity index (χ3n) is 3.50. The lowest BCUT2D eigenvalue weighted by molar-refractivity contribution is -0.137. The van der Waals surface area contributed by atoms with Crippen molar-refractivity contribution in [1.82, 2.24) is 14.2 Å². The SMILES string of the molecule is CS(=O)(=O)N(CC(=O)O)CC1CN(C(=O)c2ccccn2)CCO1. The Balaban J connectivity index is 2.04. The van der Waals surface area contributed by atoms with E-state index in [4.69, 9.17) is 9.84 Å². The molecule has 1 atom stereocenters. The van der Waals surface area contributed by atoms with Gasteiger partial charge in [-0.3, -0.25) is 14.6 Å². The zero-order valence-electron chi connectivity index (χ0n) is 13.2. The van der Waals surface area contributed by atoms with Crippen LogP contribution < -0.4 is 0 Å². The molecule has 2 rings (SSSR count). The van der Waals surface area contributed by atoms with Gasteiger partial charge >= 0.3 is 5.97 Å². The van der Waals surface area contributed by atoms with Gasteiger partial charge in [-0.15, -0.1) is 0 Å². The number of carboxylic acids is 1. The maximum Gasteiger partial charge on any atom is 0.318 e. The average Bonchev–Trinajstić information content (AvgIpc) is 2.53. The molecule has 1 aliphatic heterocycles. The minimum Gasteiger partial charge on any atom is -0.480 e. The minimum atomic E-state index is -3.69. The van der Waals surface area contributed by atoms with Crippen LogP contribution >= 0.6 is 0 Å². The van der Waals surface area contributed by atoms with Crippen molar-refractivity contribution >= 4 is 21.9 Å². The molecule has 1 aromatic rings. The molecule has 1 aliphatic rings. The summed E-state index contributed by atoms with van der Waals surface area (Å²) >= 11 is 0. The number of carbonyl (C=O) groups is 2. The molecule has 0 bridgehead atoms. The fourth-order valence-corrected chi connectivity index (χ4v) is 3.14. The van der Waals surface area contributed by atoms with Crippen LogP contribution in [0, 0.1) is 0 Å². The van der Waals surface area contributed by atoms with E-state index >= 15 is 0 Å². The van der Waals surface area contributed by atoms with Crippen molar-refractivity contribution in [2.24, 2.45) is 0 Å². The molecule has 1 aromatic heterocycles. The van der Waals surface area contributed by atoms with Crippen LogP contribution in [0.15, 0.2) is 24.4 Å². The third-order valence-corrected chi connectivity index (χ3v) is 4.71. The lowest BCUT2D eigenvalue weighted by Crippen LogP contribution is -2.51. The van der Waals surface area contributed by atoms with Crippen LogP contribution in [-0.4, -0.2) is 84.7 Å². The summed E-state index contributed by atoms with van der Waals surface area (Å²) in [4.78, 5) is 28.8. The second kappa shape index (κ2) is 7.69. The smallest absolute Gasteiger partial charge is 0.318 e. The number of carboxylic acid groups (broad SMARTS) is 1. The number of amides is 1. The van der Waals surface area contributed by atoms with E-state index in [0.717, 1.165) is 10.6 Å². The van der Waals surface area contributed by atoms with E-state index in [-0.39, 0.29) is 25.6 Å². The number of nitrogens with zero attached hydrogens (tertiary/aromatic N) is 3. The van der Waals surface area contributed by atoms with Gasteiger partial charge < -0.3 is 14.7 Å². The molecule has 0 radical (unpaired) electrons. The highest BCUT2D eigenvalue weighted by atomic mass is 32.2. The molecule has 10 heteroatoms. The fraction of sp³-hybridized carbons (Fsp3) is 0.500. The van der Waals surface area contributed by atoms with Crippen LogP contribution in [-0.2, 0) is 19.6 Å². The standard InChI is InChI=1S/C14H19N3O6S/c1-24(21,22)17(10-13(18)19)9-11-8-16(6-7-23-11)14(20)12-4-2-3-5-15-12/h2-5,11H,6-10H2,1H3,(H,18,19). The van der Waals surface area contributed by atoms with Crippen molar-refractivity contribution in [3.8, 4) is 0 Å². The topological polar surface area (TPSA) is 117 Å². The molecule has 0 aromatic carbocycles. The largest absolute Gasteiger partial charge is 0.480 e. The number of pyridine rings is 1. The molecule has 1 amide bonds. The van der Waals surface area contributed by atoms with E-state index in [2.05, 4.69) is 4.98 Å². The molecular formula is C14H19N3O6S. The monoisotopic (exact) mass is 357 g/mol. The van der Waals surface area contributed by atoms with Gasteiger partial charge in [0.15, 0.2) is 0 Å². The van der Waals surface area contributed by atoms with Crippen LogP contribution in [0.3, 0.4) is 0 Å². The first-order valence-electron chi connectivity index (χ1n) is 7.26. The minimum absolute atomic E-state index is 0.128. The van der Waals surface area contributed by atoms with E-state index in [0.29, 0.717) is 12.2 Å². The number of sulfonamides is 1. The van der Waals surface area contributed by atoms with E-state index < -0.39 is 28.6 Å². The predicted molar refractivity (Wildman–Crippen MR) is 83.9 cm³/mol. The first kappa shape index (κ1) is 18.3. The molecule has 1 saturated heterocycles. The van der Waals surface area contributed by atoms with Crippen molar-refractivity contribution in [3.05, 3.63) is 30.1 Å². The summed E-state index contributed by atoms with van der Waals surface area (Å²) in [6, 6.07) is 5.01. The lowest BCUT2D eigenvalue weighted by atomic mass is 10.2. The van der Waals surface area contributed by atoms with E-state index in [1.165, 1.54) is 11.1 Å². The Morgan fingerprint density at radius 3 is 2.79 bits per heavy atom. The molecular weight excluding hydrogens is 338 g/mol. The molecule has 1 unspecified atom stereocenters. The number of hydrogen-bond donors (Lipinski definition) is 1. The number of hydrogen-bond acceptors (Lipinski definition) is 6. The van der Waals surface area contributed by atoms with Gasteiger partial charge in [-0.05, 0) is 12.1 Å². The number of rotatable bonds is 6. The summed E-state index contributed by atoms with van der Waals surface area (Å²) in [6.45, 7) is 0.00266. The summed E-state index contributed by atoms with van der Waals surface area (Å²) in [5.41, 5.74) is 0.295. The molecule has 2 heterocycles. The van der Waals surface area contributed by atoms with Crippen LogP contribution in [0.5, 0.6) is 0 Å². The molecule has 0 saturated carbocycles. The summed E-state index contributed by atoms with van der Waals surface area (Å²) in [7, 11) is -3.69. The highest BCUT2D eigenvalue weighted by Crippen LogP contribution is 2.12. The van der Waals surface area contributed by atoms with Crippen LogP contribution in [0.2, 0.25) is 0 Å². The predicted octanol–water partition coefficient (Wildman–Crippen LogP) is -0.731. The van der Waals surface area contributed by atoms with E-state index in [1.807, 2.05) is 0 Å². The van der Waals surface area contributed by atoms with Gasteiger partial charge in [-0.25, -0.2) is 8.42 Å². The van der Waals surface area contributed by atoms with Crippen LogP contribution in [0.1, 0.15) is 10.5 Å². The van der Waals surface area contributed by atoms with Crippen molar-refractivity contribution < 1.29 is 27.9 Å². The summed E-state index contributed by atoms with van der Waals surface area (Å²) in [5, 5.41) is 8.85. The lowest BCUT2D eigenvalue weighted by Gasteiger charge is -2.34. The third kappa shape index (κ3) is 4.98. The van der Waals surface area contributed by atoms with Gasteiger partial charge in [-0.1, -0.05) is 6.07 Å². The second-order valence-electron chi connectivity index (χ2n) is 5.41. The Labute approximate surface area is 139 Å². The molecule has 0 aliphatic carbocycles.